The number of furan rings is 1. The summed E-state index contributed by atoms with van der Waals surface area (Å²) in [6.45, 7) is 1.83. The number of nitro groups is 1. The molecule has 1 aromatic heterocycles. The van der Waals surface area contributed by atoms with E-state index in [1.165, 1.54) is 20.3 Å². The van der Waals surface area contributed by atoms with Gasteiger partial charge in [-0.05, 0) is 19.1 Å². The van der Waals surface area contributed by atoms with E-state index in [4.69, 9.17) is 13.9 Å². The van der Waals surface area contributed by atoms with Crippen LogP contribution in [-0.4, -0.2) is 19.1 Å². The van der Waals surface area contributed by atoms with Crippen molar-refractivity contribution >= 4 is 17.0 Å². The van der Waals surface area contributed by atoms with Crippen LogP contribution in [0.4, 0.5) is 0 Å². The maximum Gasteiger partial charge on any atom is 0.238 e. The molecule has 0 bridgehead atoms. The predicted octanol–water partition coefficient (Wildman–Crippen LogP) is 3.01. The number of nitrogens with zero attached hydrogens (tertiary/aromatic N) is 1. The van der Waals surface area contributed by atoms with E-state index in [9.17, 15) is 10.1 Å². The van der Waals surface area contributed by atoms with Gasteiger partial charge in [0, 0.05) is 10.9 Å². The molecule has 0 aliphatic heterocycles. The van der Waals surface area contributed by atoms with E-state index in [2.05, 4.69) is 0 Å². The molecule has 100 valence electrons. The SMILES string of the molecule is COc1ccc2c(C)c(/C=C/[N+](=O)[O-])oc2c1OC. The standard InChI is InChI=1S/C13H13NO5/c1-8-9-4-5-11(17-2)13(18-3)12(9)19-10(8)6-7-14(15)16/h4-7H,1-3H3/b7-6+. The average Bonchev–Trinajstić information content (AvgIpc) is 2.72. The molecular weight excluding hydrogens is 250 g/mol. The molecule has 0 amide bonds. The zero-order chi connectivity index (χ0) is 14.0. The second-order valence-corrected chi connectivity index (χ2v) is 3.87. The fourth-order valence-corrected chi connectivity index (χ4v) is 1.90. The van der Waals surface area contributed by atoms with Gasteiger partial charge >= 0.3 is 0 Å². The molecule has 0 spiro atoms. The molecule has 2 aromatic rings. The van der Waals surface area contributed by atoms with Crippen molar-refractivity contribution < 1.29 is 18.8 Å². The van der Waals surface area contributed by atoms with Crippen molar-refractivity contribution in [1.82, 2.24) is 0 Å². The van der Waals surface area contributed by atoms with Gasteiger partial charge in [0.05, 0.1) is 25.2 Å². The molecule has 1 heterocycles. The normalized spacial score (nSPS) is 11.1. The van der Waals surface area contributed by atoms with Crippen LogP contribution < -0.4 is 9.47 Å². The van der Waals surface area contributed by atoms with Gasteiger partial charge in [0.25, 0.3) is 0 Å². The van der Waals surface area contributed by atoms with Crippen LogP contribution in [0.3, 0.4) is 0 Å². The van der Waals surface area contributed by atoms with E-state index >= 15 is 0 Å². The monoisotopic (exact) mass is 263 g/mol. The smallest absolute Gasteiger partial charge is 0.238 e. The summed E-state index contributed by atoms with van der Waals surface area (Å²) >= 11 is 0. The molecule has 19 heavy (non-hydrogen) atoms. The van der Waals surface area contributed by atoms with Crippen LogP contribution in [0.25, 0.3) is 17.0 Å². The van der Waals surface area contributed by atoms with Gasteiger partial charge in [0.1, 0.15) is 5.76 Å². The number of hydrogen-bond donors (Lipinski definition) is 0. The molecule has 2 rings (SSSR count). The average molecular weight is 263 g/mol. The molecule has 0 aliphatic rings. The van der Waals surface area contributed by atoms with Crippen LogP contribution in [0.5, 0.6) is 11.5 Å². The molecule has 0 saturated carbocycles. The summed E-state index contributed by atoms with van der Waals surface area (Å²) in [4.78, 5) is 9.82. The van der Waals surface area contributed by atoms with Gasteiger partial charge in [0.2, 0.25) is 11.9 Å². The Hall–Kier alpha value is -2.50. The van der Waals surface area contributed by atoms with E-state index in [-0.39, 0.29) is 0 Å². The number of methoxy groups -OCH3 is 2. The first-order valence-electron chi connectivity index (χ1n) is 5.54. The van der Waals surface area contributed by atoms with Crippen molar-refractivity contribution in [2.75, 3.05) is 14.2 Å². The summed E-state index contributed by atoms with van der Waals surface area (Å²) in [5.41, 5.74) is 1.33. The molecule has 6 nitrogen and oxygen atoms in total. The lowest BCUT2D eigenvalue weighted by molar-refractivity contribution is -0.401. The first-order valence-corrected chi connectivity index (χ1v) is 5.54. The number of ether oxygens (including phenoxy) is 2. The van der Waals surface area contributed by atoms with E-state index < -0.39 is 4.92 Å². The predicted molar refractivity (Wildman–Crippen MR) is 70.1 cm³/mol. The van der Waals surface area contributed by atoms with Gasteiger partial charge in [-0.1, -0.05) is 0 Å². The number of hydrogen-bond acceptors (Lipinski definition) is 5. The molecule has 0 atom stereocenters. The second kappa shape index (κ2) is 5.01. The van der Waals surface area contributed by atoms with E-state index in [0.29, 0.717) is 22.8 Å². The van der Waals surface area contributed by atoms with Crippen molar-refractivity contribution in [2.45, 2.75) is 6.92 Å². The van der Waals surface area contributed by atoms with Crippen LogP contribution >= 0.6 is 0 Å². The van der Waals surface area contributed by atoms with Crippen molar-refractivity contribution in [3.8, 4) is 11.5 Å². The summed E-state index contributed by atoms with van der Waals surface area (Å²) in [7, 11) is 3.05. The van der Waals surface area contributed by atoms with Gasteiger partial charge in [0.15, 0.2) is 11.3 Å². The summed E-state index contributed by atoms with van der Waals surface area (Å²) in [5, 5.41) is 11.2. The zero-order valence-electron chi connectivity index (χ0n) is 10.8. The van der Waals surface area contributed by atoms with E-state index in [1.807, 2.05) is 13.0 Å². The Morgan fingerprint density at radius 3 is 2.63 bits per heavy atom. The van der Waals surface area contributed by atoms with Gasteiger partial charge in [-0.15, -0.1) is 0 Å². The summed E-state index contributed by atoms with van der Waals surface area (Å²) in [6.07, 6.45) is 2.16. The summed E-state index contributed by atoms with van der Waals surface area (Å²) < 4.78 is 16.1. The highest BCUT2D eigenvalue weighted by Crippen LogP contribution is 2.39. The first kappa shape index (κ1) is 12.9. The highest BCUT2D eigenvalue weighted by molar-refractivity contribution is 5.90. The Morgan fingerprint density at radius 2 is 2.05 bits per heavy atom. The van der Waals surface area contributed by atoms with E-state index in [1.54, 1.807) is 6.07 Å². The third-order valence-corrected chi connectivity index (χ3v) is 2.83. The Balaban J connectivity index is 2.65. The summed E-state index contributed by atoms with van der Waals surface area (Å²) in [6, 6.07) is 3.60. The van der Waals surface area contributed by atoms with Crippen molar-refractivity contribution in [3.63, 3.8) is 0 Å². The van der Waals surface area contributed by atoms with Crippen LogP contribution in [0, 0.1) is 17.0 Å². The molecule has 6 heteroatoms. The van der Waals surface area contributed by atoms with Crippen molar-refractivity contribution in [3.05, 3.63) is 39.8 Å². The minimum atomic E-state index is -0.537. The van der Waals surface area contributed by atoms with E-state index in [0.717, 1.165) is 17.1 Å². The zero-order valence-corrected chi connectivity index (χ0v) is 10.8. The van der Waals surface area contributed by atoms with Gasteiger partial charge < -0.3 is 13.9 Å². The second-order valence-electron chi connectivity index (χ2n) is 3.87. The molecule has 0 N–H and O–H groups in total. The maximum atomic E-state index is 10.4. The minimum absolute atomic E-state index is 0.429. The fourth-order valence-electron chi connectivity index (χ4n) is 1.90. The maximum absolute atomic E-state index is 10.4. The largest absolute Gasteiger partial charge is 0.493 e. The Bertz CT molecular complexity index is 657. The Kier molecular flexibility index (Phi) is 3.41. The number of aryl methyl sites for hydroxylation is 1. The van der Waals surface area contributed by atoms with Crippen molar-refractivity contribution in [2.24, 2.45) is 0 Å². The third kappa shape index (κ3) is 2.24. The fraction of sp³-hybridized carbons (Fsp3) is 0.231. The highest BCUT2D eigenvalue weighted by Gasteiger charge is 2.17. The quantitative estimate of drug-likeness (QED) is 0.626. The lowest BCUT2D eigenvalue weighted by Crippen LogP contribution is -1.90. The molecule has 0 aliphatic carbocycles. The van der Waals surface area contributed by atoms with Crippen LogP contribution in [-0.2, 0) is 0 Å². The highest BCUT2D eigenvalue weighted by atomic mass is 16.6. The van der Waals surface area contributed by atoms with Gasteiger partial charge in [-0.2, -0.15) is 0 Å². The molecule has 0 unspecified atom stereocenters. The lowest BCUT2D eigenvalue weighted by Gasteiger charge is -2.06. The summed E-state index contributed by atoms with van der Waals surface area (Å²) in [5.74, 6) is 1.45. The molecular formula is C13H13NO5. The third-order valence-electron chi connectivity index (χ3n) is 2.83. The lowest BCUT2D eigenvalue weighted by atomic mass is 10.1. The topological polar surface area (TPSA) is 74.7 Å². The number of benzene rings is 1. The molecule has 0 saturated heterocycles. The van der Waals surface area contributed by atoms with Crippen LogP contribution in [0.2, 0.25) is 0 Å². The first-order chi connectivity index (χ1) is 9.08. The Labute approximate surface area is 109 Å². The molecule has 1 aromatic carbocycles. The molecule has 0 radical (unpaired) electrons. The molecule has 0 fully saturated rings. The Morgan fingerprint density at radius 1 is 1.32 bits per heavy atom. The minimum Gasteiger partial charge on any atom is -0.493 e. The number of fused-ring (bicyclic) bond motifs is 1. The van der Waals surface area contributed by atoms with Crippen molar-refractivity contribution in [1.29, 1.82) is 0 Å². The van der Waals surface area contributed by atoms with Gasteiger partial charge in [-0.25, -0.2) is 0 Å². The number of rotatable bonds is 4. The van der Waals surface area contributed by atoms with Crippen LogP contribution in [0.1, 0.15) is 11.3 Å². The van der Waals surface area contributed by atoms with Crippen LogP contribution in [0.15, 0.2) is 22.7 Å². The van der Waals surface area contributed by atoms with Gasteiger partial charge in [-0.3, -0.25) is 10.1 Å².